The van der Waals surface area contributed by atoms with E-state index in [1.165, 1.54) is 37.5 Å². The highest BCUT2D eigenvalue weighted by Crippen LogP contribution is 2.34. The van der Waals surface area contributed by atoms with Gasteiger partial charge in [-0.15, -0.1) is 0 Å². The number of nitro groups is 1. The summed E-state index contributed by atoms with van der Waals surface area (Å²) in [6.45, 7) is 1.62. The van der Waals surface area contributed by atoms with Crippen LogP contribution in [0.4, 0.5) is 17.1 Å². The van der Waals surface area contributed by atoms with E-state index in [-0.39, 0.29) is 29.5 Å². The second kappa shape index (κ2) is 12.5. The van der Waals surface area contributed by atoms with Gasteiger partial charge in [-0.25, -0.2) is 0 Å². The van der Waals surface area contributed by atoms with E-state index >= 15 is 0 Å². The first-order valence-corrected chi connectivity index (χ1v) is 11.8. The summed E-state index contributed by atoms with van der Waals surface area (Å²) in [5, 5.41) is 25.8. The average molecular weight is 612 g/mol. The quantitative estimate of drug-likeness (QED) is 0.113. The zero-order valence-electron chi connectivity index (χ0n) is 19.8. The molecule has 0 aliphatic heterocycles. The maximum Gasteiger partial charge on any atom is 0.271 e. The molecule has 0 unspecified atom stereocenters. The molecule has 2 N–H and O–H groups in total. The molecule has 0 saturated heterocycles. The van der Waals surface area contributed by atoms with Crippen molar-refractivity contribution in [3.63, 3.8) is 0 Å². The van der Waals surface area contributed by atoms with Crippen molar-refractivity contribution in [3.8, 4) is 17.6 Å². The molecule has 0 spiro atoms. The average Bonchev–Trinajstić information content (AvgIpc) is 2.87. The second-order valence-electron chi connectivity index (χ2n) is 7.62. The fraction of sp³-hybridized carbons (Fsp3) is 0.115. The van der Waals surface area contributed by atoms with Gasteiger partial charge in [-0.2, -0.15) is 5.26 Å². The number of nitrogens with zero attached hydrogens (tertiary/aromatic N) is 2. The van der Waals surface area contributed by atoms with Crippen LogP contribution in [0.1, 0.15) is 11.1 Å². The summed E-state index contributed by atoms with van der Waals surface area (Å²) in [4.78, 5) is 35.4. The fourth-order valence-corrected chi connectivity index (χ4v) is 3.99. The summed E-state index contributed by atoms with van der Waals surface area (Å²) in [6.07, 6.45) is 1.35. The van der Waals surface area contributed by atoms with Gasteiger partial charge in [-0.1, -0.05) is 24.3 Å². The minimum Gasteiger partial charge on any atom is -0.493 e. The maximum absolute atomic E-state index is 12.6. The lowest BCUT2D eigenvalue weighted by molar-refractivity contribution is -0.384. The molecule has 3 aromatic carbocycles. The Balaban J connectivity index is 1.75. The normalized spacial score (nSPS) is 10.7. The summed E-state index contributed by atoms with van der Waals surface area (Å²) in [5.41, 5.74) is 1.84. The fourth-order valence-electron chi connectivity index (χ4n) is 3.21. The molecule has 0 radical (unpaired) electrons. The van der Waals surface area contributed by atoms with Gasteiger partial charge >= 0.3 is 0 Å². The van der Waals surface area contributed by atoms with Gasteiger partial charge in [0.15, 0.2) is 18.1 Å². The molecule has 2 amide bonds. The smallest absolute Gasteiger partial charge is 0.271 e. The molecule has 11 heteroatoms. The molecule has 0 aromatic heterocycles. The molecule has 0 aliphatic carbocycles. The summed E-state index contributed by atoms with van der Waals surface area (Å²) in [5.74, 6) is -0.441. The number of hydrogen-bond donors (Lipinski definition) is 2. The first-order valence-electron chi connectivity index (χ1n) is 10.7. The standard InChI is InChI=1S/C26H21IN4O6/c1-16-6-3-4-9-22(16)30-24(32)15-37-25-21(27)11-17(12-23(25)36-2)10-18(14-28)26(33)29-19-7-5-8-20(13-19)31(34)35/h3-13H,15H2,1-2H3,(H,29,33)(H,30,32)/b18-10-. The number of carbonyl (C=O) groups excluding carboxylic acids is 2. The minimum atomic E-state index is -0.731. The van der Waals surface area contributed by atoms with Crippen molar-refractivity contribution in [2.24, 2.45) is 0 Å². The molecule has 0 bridgehead atoms. The predicted molar refractivity (Wildman–Crippen MR) is 146 cm³/mol. The van der Waals surface area contributed by atoms with E-state index in [9.17, 15) is 25.0 Å². The van der Waals surface area contributed by atoms with E-state index in [4.69, 9.17) is 9.47 Å². The third kappa shape index (κ3) is 7.28. The summed E-state index contributed by atoms with van der Waals surface area (Å²) in [6, 6.07) is 17.8. The van der Waals surface area contributed by atoms with Crippen LogP contribution in [0.5, 0.6) is 11.5 Å². The van der Waals surface area contributed by atoms with Crippen LogP contribution in [-0.2, 0) is 9.59 Å². The number of amides is 2. The van der Waals surface area contributed by atoms with Crippen LogP contribution in [-0.4, -0.2) is 30.5 Å². The Kier molecular flexibility index (Phi) is 9.17. The van der Waals surface area contributed by atoms with E-state index in [1.807, 2.05) is 53.8 Å². The number of nitro benzene ring substituents is 1. The number of methoxy groups -OCH3 is 1. The zero-order chi connectivity index (χ0) is 26.9. The Morgan fingerprint density at radius 3 is 2.57 bits per heavy atom. The van der Waals surface area contributed by atoms with Crippen molar-refractivity contribution in [3.05, 3.63) is 91.0 Å². The molecule has 3 aromatic rings. The van der Waals surface area contributed by atoms with Gasteiger partial charge < -0.3 is 20.1 Å². The first-order chi connectivity index (χ1) is 17.7. The Morgan fingerprint density at radius 2 is 1.89 bits per heavy atom. The molecule has 188 valence electrons. The number of benzene rings is 3. The lowest BCUT2D eigenvalue weighted by atomic mass is 10.1. The Hall–Kier alpha value is -4.44. The number of ether oxygens (including phenoxy) is 2. The highest BCUT2D eigenvalue weighted by molar-refractivity contribution is 14.1. The van der Waals surface area contributed by atoms with Crippen LogP contribution in [0, 0.1) is 31.9 Å². The second-order valence-corrected chi connectivity index (χ2v) is 8.78. The minimum absolute atomic E-state index is 0.181. The number of aryl methyl sites for hydroxylation is 1. The van der Waals surface area contributed by atoms with E-state index in [0.29, 0.717) is 26.3 Å². The molecule has 37 heavy (non-hydrogen) atoms. The van der Waals surface area contributed by atoms with Crippen molar-refractivity contribution in [2.75, 3.05) is 24.4 Å². The van der Waals surface area contributed by atoms with Crippen LogP contribution >= 0.6 is 22.6 Å². The van der Waals surface area contributed by atoms with Gasteiger partial charge in [0.25, 0.3) is 17.5 Å². The Morgan fingerprint density at radius 1 is 1.14 bits per heavy atom. The van der Waals surface area contributed by atoms with Crippen molar-refractivity contribution in [1.82, 2.24) is 0 Å². The summed E-state index contributed by atoms with van der Waals surface area (Å²) < 4.78 is 11.7. The number of nitriles is 1. The van der Waals surface area contributed by atoms with Crippen molar-refractivity contribution in [1.29, 1.82) is 5.26 Å². The third-order valence-corrected chi connectivity index (χ3v) is 5.81. The monoisotopic (exact) mass is 612 g/mol. The number of non-ortho nitro benzene ring substituents is 1. The number of rotatable bonds is 9. The largest absolute Gasteiger partial charge is 0.493 e. The van der Waals surface area contributed by atoms with Crippen LogP contribution in [0.25, 0.3) is 6.08 Å². The lowest BCUT2D eigenvalue weighted by Gasteiger charge is -2.14. The highest BCUT2D eigenvalue weighted by atomic mass is 127. The zero-order valence-corrected chi connectivity index (χ0v) is 21.9. The molecular formula is C26H21IN4O6. The Bertz CT molecular complexity index is 1430. The number of anilines is 2. The van der Waals surface area contributed by atoms with Crippen molar-refractivity contribution < 1.29 is 24.0 Å². The number of para-hydroxylation sites is 1. The number of carbonyl (C=O) groups is 2. The van der Waals surface area contributed by atoms with Gasteiger partial charge in [0.1, 0.15) is 11.6 Å². The van der Waals surface area contributed by atoms with Crippen LogP contribution in [0.3, 0.4) is 0 Å². The number of hydrogen-bond acceptors (Lipinski definition) is 7. The van der Waals surface area contributed by atoms with Crippen LogP contribution in [0.2, 0.25) is 0 Å². The van der Waals surface area contributed by atoms with Crippen molar-refractivity contribution in [2.45, 2.75) is 6.92 Å². The van der Waals surface area contributed by atoms with E-state index < -0.39 is 10.8 Å². The number of halogens is 1. The summed E-state index contributed by atoms with van der Waals surface area (Å²) >= 11 is 2.00. The number of nitrogens with one attached hydrogen (secondary N) is 2. The topological polar surface area (TPSA) is 144 Å². The van der Waals surface area contributed by atoms with Gasteiger partial charge in [0, 0.05) is 23.5 Å². The molecule has 10 nitrogen and oxygen atoms in total. The van der Waals surface area contributed by atoms with Crippen molar-refractivity contribution >= 4 is 57.5 Å². The van der Waals surface area contributed by atoms with E-state index in [0.717, 1.165) is 5.56 Å². The van der Waals surface area contributed by atoms with Crippen LogP contribution < -0.4 is 20.1 Å². The van der Waals surface area contributed by atoms with Gasteiger partial charge in [0.2, 0.25) is 0 Å². The molecule has 0 saturated carbocycles. The molecule has 3 rings (SSSR count). The highest BCUT2D eigenvalue weighted by Gasteiger charge is 2.16. The first kappa shape index (κ1) is 27.2. The molecule has 0 fully saturated rings. The van der Waals surface area contributed by atoms with Gasteiger partial charge in [0.05, 0.1) is 15.6 Å². The SMILES string of the molecule is COc1cc(/C=C(/C#N)C(=O)Nc2cccc([N+](=O)[O-])c2)cc(I)c1OCC(=O)Nc1ccccc1C. The Labute approximate surface area is 226 Å². The maximum atomic E-state index is 12.6. The van der Waals surface area contributed by atoms with E-state index in [1.54, 1.807) is 18.2 Å². The molecular weight excluding hydrogens is 591 g/mol. The molecule has 0 aliphatic rings. The third-order valence-electron chi connectivity index (χ3n) is 5.01. The lowest BCUT2D eigenvalue weighted by Crippen LogP contribution is -2.21. The van der Waals surface area contributed by atoms with E-state index in [2.05, 4.69) is 10.6 Å². The predicted octanol–water partition coefficient (Wildman–Crippen LogP) is 5.08. The molecule has 0 atom stereocenters. The molecule has 0 heterocycles. The van der Waals surface area contributed by atoms with Gasteiger partial charge in [-0.05, 0) is 71.0 Å². The van der Waals surface area contributed by atoms with Crippen LogP contribution in [0.15, 0.2) is 66.2 Å². The summed E-state index contributed by atoms with van der Waals surface area (Å²) in [7, 11) is 1.43. The van der Waals surface area contributed by atoms with Gasteiger partial charge in [-0.3, -0.25) is 19.7 Å².